The molecule has 6 aliphatic rings. The van der Waals surface area contributed by atoms with Crippen LogP contribution in [-0.4, -0.2) is 273 Å². The van der Waals surface area contributed by atoms with Gasteiger partial charge in [-0.15, -0.1) is 0 Å². The second-order valence-corrected chi connectivity index (χ2v) is 25.1. The van der Waals surface area contributed by atoms with Crippen LogP contribution in [0.3, 0.4) is 0 Å². The Labute approximate surface area is 549 Å². The number of amides is 12. The van der Waals surface area contributed by atoms with E-state index in [2.05, 4.69) is 52.5 Å². The van der Waals surface area contributed by atoms with Crippen LogP contribution in [-0.2, 0) is 67.1 Å². The number of likely N-dealkylation sites (tertiary alicyclic amines) is 5. The molecule has 6 fully saturated rings. The van der Waals surface area contributed by atoms with E-state index in [4.69, 9.17) is 22.9 Å². The highest BCUT2D eigenvalue weighted by Crippen LogP contribution is 2.27. The summed E-state index contributed by atoms with van der Waals surface area (Å²) in [5, 5.41) is 50.8. The lowest BCUT2D eigenvalue weighted by molar-refractivity contribution is -0.148. The normalized spacial score (nSPS) is 22.7. The first kappa shape index (κ1) is 75.1. The molecule has 0 aromatic carbocycles. The zero-order valence-electron chi connectivity index (χ0n) is 54.1. The fraction of sp³-hybridized carbons (Fsp3) is 0.729. The summed E-state index contributed by atoms with van der Waals surface area (Å²) in [6.07, 6.45) is 3.69. The number of carbonyl (C=O) groups is 14. The Morgan fingerprint density at radius 3 is 1.40 bits per heavy atom. The largest absolute Gasteiger partial charge is 0.481 e. The zero-order chi connectivity index (χ0) is 69.8. The van der Waals surface area contributed by atoms with Crippen molar-refractivity contribution in [3.63, 3.8) is 0 Å². The Bertz CT molecular complexity index is 2900. The summed E-state index contributed by atoms with van der Waals surface area (Å²) in [5.41, 5.74) is 21.9. The Hall–Kier alpha value is -8.96. The number of aliphatic hydroxyl groups excluding tert-OH is 1. The van der Waals surface area contributed by atoms with E-state index < -0.39 is 169 Å². The predicted octanol–water partition coefficient (Wildman–Crippen LogP) is -6.95. The van der Waals surface area contributed by atoms with E-state index in [-0.39, 0.29) is 127 Å². The number of carboxylic acids is 2. The second-order valence-electron chi connectivity index (χ2n) is 25.1. The molecule has 12 atom stereocenters. The van der Waals surface area contributed by atoms with Gasteiger partial charge in [0.05, 0.1) is 25.6 Å². The lowest BCUT2D eigenvalue weighted by Gasteiger charge is -2.32. The lowest BCUT2D eigenvalue weighted by atomic mass is 10.0. The van der Waals surface area contributed by atoms with Crippen molar-refractivity contribution in [2.45, 2.75) is 202 Å². The fourth-order valence-electron chi connectivity index (χ4n) is 12.9. The van der Waals surface area contributed by atoms with Crippen molar-refractivity contribution in [3.05, 3.63) is 0 Å². The Balaban J connectivity index is 1.07. The Kier molecular flexibility index (Phi) is 28.1. The highest BCUT2D eigenvalue weighted by atomic mass is 16.4. The van der Waals surface area contributed by atoms with Crippen LogP contribution in [0, 0.1) is 5.92 Å². The van der Waals surface area contributed by atoms with Gasteiger partial charge in [0.2, 0.25) is 70.9 Å². The van der Waals surface area contributed by atoms with Gasteiger partial charge in [-0.25, -0.2) is 0 Å². The highest BCUT2D eigenvalue weighted by molar-refractivity contribution is 6.00. The highest BCUT2D eigenvalue weighted by Gasteiger charge is 2.46. The molecule has 95 heavy (non-hydrogen) atoms. The van der Waals surface area contributed by atoms with Crippen molar-refractivity contribution in [2.24, 2.45) is 38.8 Å². The monoisotopic (exact) mass is 1340 g/mol. The van der Waals surface area contributed by atoms with Crippen molar-refractivity contribution >= 4 is 94.7 Å². The van der Waals surface area contributed by atoms with Crippen molar-refractivity contribution in [3.8, 4) is 0 Å². The summed E-state index contributed by atoms with van der Waals surface area (Å²) in [6, 6.07) is -14.7. The van der Waals surface area contributed by atoms with Gasteiger partial charge < -0.3 is 105 Å². The van der Waals surface area contributed by atoms with Gasteiger partial charge in [-0.05, 0) is 122 Å². The summed E-state index contributed by atoms with van der Waals surface area (Å²) in [5.74, 6) is -12.7. The van der Waals surface area contributed by atoms with Crippen molar-refractivity contribution in [1.82, 2.24) is 67.0 Å². The molecule has 528 valence electrons. The van der Waals surface area contributed by atoms with Crippen LogP contribution < -0.4 is 65.5 Å². The van der Waals surface area contributed by atoms with Gasteiger partial charge in [0.15, 0.2) is 11.9 Å². The first-order chi connectivity index (χ1) is 45.1. The summed E-state index contributed by atoms with van der Waals surface area (Å²) in [6.45, 7) is 4.38. The smallest absolute Gasteiger partial charge is 0.325 e. The minimum Gasteiger partial charge on any atom is -0.481 e. The number of nitrogens with two attached hydrogens (primary N) is 4. The van der Waals surface area contributed by atoms with Crippen LogP contribution in [0.4, 0.5) is 0 Å². The molecule has 0 spiro atoms. The summed E-state index contributed by atoms with van der Waals surface area (Å²) in [4.78, 5) is 205. The van der Waals surface area contributed by atoms with Gasteiger partial charge in [0, 0.05) is 45.8 Å². The maximum Gasteiger partial charge on any atom is 0.325 e. The molecule has 0 radical (unpaired) electrons. The SMILES string of the molecule is CC(C)[C@H](NC(=O)[C@H](CCCN=C(N)N)NC(=O)[C@@H]1CCCN1C(=O)[C@@H]1CCCN1C(=O)CNC(=O)[C@@H]1CCCN1C(=O)[C@@H]1CCCN1)C(=O)N[C@@H](CO)C(=O)N1CCC[C@H]1C(=O)N[C@@H](CC(=O)O)C(=O)N1CCC[C@H]1C(=O)N[C@@H](CCCN=C(N)N)C(=O)N[C@@H](C)C(=O)O. The minimum atomic E-state index is -1.79. The molecule has 0 unspecified atom stereocenters. The average Bonchev–Trinajstić information content (AvgIpc) is 1.73. The van der Waals surface area contributed by atoms with Crippen LogP contribution in [0.15, 0.2) is 9.98 Å². The molecule has 0 aliphatic carbocycles. The van der Waals surface area contributed by atoms with Crippen LogP contribution >= 0.6 is 0 Å². The van der Waals surface area contributed by atoms with E-state index >= 15 is 0 Å². The van der Waals surface area contributed by atoms with E-state index in [0.29, 0.717) is 45.2 Å². The molecular weight excluding hydrogens is 1250 g/mol. The topological polar surface area (TPSA) is 541 Å². The third kappa shape index (κ3) is 20.5. The number of hydrogen-bond donors (Lipinski definition) is 15. The third-order valence-electron chi connectivity index (χ3n) is 17.9. The molecule has 6 aliphatic heterocycles. The van der Waals surface area contributed by atoms with Gasteiger partial charge >= 0.3 is 11.9 Å². The number of rotatable bonds is 32. The van der Waals surface area contributed by atoms with Gasteiger partial charge in [-0.1, -0.05) is 13.8 Å². The molecule has 6 saturated heterocycles. The first-order valence-corrected chi connectivity index (χ1v) is 32.6. The van der Waals surface area contributed by atoms with Gasteiger partial charge in [-0.3, -0.25) is 77.1 Å². The summed E-state index contributed by atoms with van der Waals surface area (Å²) < 4.78 is 0. The third-order valence-corrected chi connectivity index (χ3v) is 17.9. The minimum absolute atomic E-state index is 0.00327. The molecule has 0 saturated carbocycles. The van der Waals surface area contributed by atoms with Crippen LogP contribution in [0.1, 0.15) is 130 Å². The van der Waals surface area contributed by atoms with E-state index in [1.165, 1.54) is 16.7 Å². The number of guanidine groups is 2. The van der Waals surface area contributed by atoms with Crippen LogP contribution in [0.5, 0.6) is 0 Å². The van der Waals surface area contributed by atoms with Gasteiger partial charge in [-0.2, -0.15) is 0 Å². The number of hydrogen-bond acceptors (Lipinski definition) is 18. The zero-order valence-corrected chi connectivity index (χ0v) is 54.1. The number of carboxylic acid groups (broad SMARTS) is 2. The van der Waals surface area contributed by atoms with Crippen molar-refractivity contribution < 1.29 is 82.4 Å². The molecule has 0 aromatic heterocycles. The average molecular weight is 1340 g/mol. The van der Waals surface area contributed by atoms with E-state index in [0.717, 1.165) is 16.2 Å². The molecule has 12 amide bonds. The van der Waals surface area contributed by atoms with Gasteiger partial charge in [0.25, 0.3) is 0 Å². The van der Waals surface area contributed by atoms with Crippen LogP contribution in [0.25, 0.3) is 0 Å². The number of aliphatic imine (C=N–C) groups is 2. The molecule has 0 aromatic rings. The number of nitrogens with zero attached hydrogens (tertiary/aromatic N) is 7. The molecule has 19 N–H and O–H groups in total. The molecule has 6 heterocycles. The summed E-state index contributed by atoms with van der Waals surface area (Å²) >= 11 is 0. The predicted molar refractivity (Wildman–Crippen MR) is 337 cm³/mol. The lowest BCUT2D eigenvalue weighted by Crippen LogP contribution is -2.61. The van der Waals surface area contributed by atoms with Crippen LogP contribution in [0.2, 0.25) is 0 Å². The number of carbonyl (C=O) groups excluding carboxylic acids is 12. The second kappa shape index (κ2) is 35.5. The standard InChI is InChI=1S/C59H95N19O17/c1-31(2)45(73-47(84)34(13-5-22-66-59(62)63)70-50(87)41-18-10-27-78(41)56(93)42-19-11-23-74(42)43(80)29-67-48(85)38-15-7-24-75(38)53(90)35-14-6-20-64-35)52(89)72-37(30-79)55(92)77-26-9-17-40(77)51(88)71-36(28-44(81)82)54(91)76-25-8-16-39(76)49(86)69-33(12-4-21-65-58(60)61)46(83)68-32(3)57(94)95/h31-42,45,64,79H,4-30H2,1-3H3,(H,67,85)(H,68,83)(H,69,86)(H,70,87)(H,71,88)(H,72,89)(H,73,84)(H,81,82)(H,94,95)(H4,60,61,65)(H4,62,63,66)/t32-,33-,34-,35-,36-,37-,38-,39-,40-,41-,42-,45-/m0/s1. The maximum absolute atomic E-state index is 14.4. The molecule has 36 nitrogen and oxygen atoms in total. The first-order valence-electron chi connectivity index (χ1n) is 32.6. The number of nitrogens with one attached hydrogen (secondary N) is 8. The number of aliphatic carboxylic acids is 2. The maximum atomic E-state index is 14.4. The quantitative estimate of drug-likeness (QED) is 0.0169. The van der Waals surface area contributed by atoms with Crippen molar-refractivity contribution in [2.75, 3.05) is 65.5 Å². The number of aliphatic hydroxyl groups is 1. The molecular formula is C59H95N19O17. The molecule has 0 bridgehead atoms. The van der Waals surface area contributed by atoms with Gasteiger partial charge in [0.1, 0.15) is 66.5 Å². The Morgan fingerprint density at radius 1 is 0.495 bits per heavy atom. The summed E-state index contributed by atoms with van der Waals surface area (Å²) in [7, 11) is 0. The Morgan fingerprint density at radius 2 is 0.937 bits per heavy atom. The van der Waals surface area contributed by atoms with E-state index in [9.17, 15) is 82.4 Å². The van der Waals surface area contributed by atoms with E-state index in [1.807, 2.05) is 0 Å². The van der Waals surface area contributed by atoms with E-state index in [1.54, 1.807) is 18.7 Å². The molecule has 36 heteroatoms. The fourth-order valence-corrected chi connectivity index (χ4v) is 12.9. The molecule has 6 rings (SSSR count). The van der Waals surface area contributed by atoms with Crippen molar-refractivity contribution in [1.29, 1.82) is 0 Å².